The Morgan fingerprint density at radius 3 is 2.74 bits per heavy atom. The lowest BCUT2D eigenvalue weighted by molar-refractivity contribution is -0.116. The smallest absolute Gasteiger partial charge is 0.244 e. The molecule has 5 heteroatoms. The molecular formula is C14H22ClN3O. The minimum atomic E-state index is -0.0944. The first-order chi connectivity index (χ1) is 8.91. The summed E-state index contributed by atoms with van der Waals surface area (Å²) in [7, 11) is 1.78. The highest BCUT2D eigenvalue weighted by molar-refractivity contribution is 6.31. The Kier molecular flexibility index (Phi) is 6.09. The standard InChI is InChI=1S/C14H22ClN3O/c1-10(2)6-5-9-16-13(19)8-7-12-11(3)17-18(4)14(12)15/h7-8,10H,5-6,9H2,1-4H3,(H,16,19)/b8-7+. The van der Waals surface area contributed by atoms with Crippen LogP contribution in [0.1, 0.15) is 37.9 Å². The summed E-state index contributed by atoms with van der Waals surface area (Å²) in [5, 5.41) is 7.59. The van der Waals surface area contributed by atoms with Crippen molar-refractivity contribution < 1.29 is 4.79 Å². The Morgan fingerprint density at radius 1 is 1.53 bits per heavy atom. The van der Waals surface area contributed by atoms with Crippen molar-refractivity contribution >= 4 is 23.6 Å². The lowest BCUT2D eigenvalue weighted by atomic mass is 10.1. The van der Waals surface area contributed by atoms with Crippen LogP contribution in [0.2, 0.25) is 5.15 Å². The Morgan fingerprint density at radius 2 is 2.21 bits per heavy atom. The molecule has 106 valence electrons. The number of halogens is 1. The van der Waals surface area contributed by atoms with Gasteiger partial charge in [0.15, 0.2) is 0 Å². The molecule has 1 heterocycles. The van der Waals surface area contributed by atoms with E-state index in [1.54, 1.807) is 17.8 Å². The fraction of sp³-hybridized carbons (Fsp3) is 0.571. The summed E-state index contributed by atoms with van der Waals surface area (Å²) in [5.74, 6) is 0.576. The molecule has 0 spiro atoms. The average molecular weight is 284 g/mol. The van der Waals surface area contributed by atoms with Crippen LogP contribution in [-0.2, 0) is 11.8 Å². The number of carbonyl (C=O) groups excluding carboxylic acids is 1. The number of carbonyl (C=O) groups is 1. The van der Waals surface area contributed by atoms with Crippen LogP contribution < -0.4 is 5.32 Å². The van der Waals surface area contributed by atoms with Crippen LogP contribution in [0.4, 0.5) is 0 Å². The summed E-state index contributed by atoms with van der Waals surface area (Å²) >= 11 is 6.08. The zero-order valence-corrected chi connectivity index (χ0v) is 12.8. The van der Waals surface area contributed by atoms with Gasteiger partial charge in [-0.1, -0.05) is 25.4 Å². The third kappa shape index (κ3) is 5.07. The first kappa shape index (κ1) is 15.8. The number of aromatic nitrogens is 2. The highest BCUT2D eigenvalue weighted by Gasteiger charge is 2.08. The Labute approximate surface area is 119 Å². The van der Waals surface area contributed by atoms with E-state index < -0.39 is 0 Å². The van der Waals surface area contributed by atoms with Gasteiger partial charge in [0.25, 0.3) is 0 Å². The molecule has 0 saturated carbocycles. The summed E-state index contributed by atoms with van der Waals surface area (Å²) in [6, 6.07) is 0. The molecule has 0 atom stereocenters. The number of rotatable bonds is 6. The van der Waals surface area contributed by atoms with Crippen molar-refractivity contribution in [3.63, 3.8) is 0 Å². The normalized spacial score (nSPS) is 11.5. The number of hydrogen-bond acceptors (Lipinski definition) is 2. The Bertz CT molecular complexity index is 464. The van der Waals surface area contributed by atoms with Crippen molar-refractivity contribution in [3.8, 4) is 0 Å². The van der Waals surface area contributed by atoms with E-state index in [1.807, 2.05) is 6.92 Å². The predicted molar refractivity (Wildman–Crippen MR) is 79.1 cm³/mol. The molecule has 0 aliphatic carbocycles. The molecule has 0 aliphatic heterocycles. The minimum Gasteiger partial charge on any atom is -0.353 e. The van der Waals surface area contributed by atoms with Gasteiger partial charge in [-0.05, 0) is 31.8 Å². The maximum atomic E-state index is 11.6. The van der Waals surface area contributed by atoms with Gasteiger partial charge in [-0.2, -0.15) is 5.10 Å². The second-order valence-electron chi connectivity index (χ2n) is 5.07. The van der Waals surface area contributed by atoms with E-state index in [0.29, 0.717) is 17.6 Å². The van der Waals surface area contributed by atoms with E-state index in [0.717, 1.165) is 24.1 Å². The maximum Gasteiger partial charge on any atom is 0.244 e. The lowest BCUT2D eigenvalue weighted by Crippen LogP contribution is -2.22. The van der Waals surface area contributed by atoms with E-state index in [4.69, 9.17) is 11.6 Å². The Hall–Kier alpha value is -1.29. The summed E-state index contributed by atoms with van der Waals surface area (Å²) in [6.07, 6.45) is 5.34. The molecule has 0 bridgehead atoms. The molecule has 0 unspecified atom stereocenters. The van der Waals surface area contributed by atoms with Crippen molar-refractivity contribution in [3.05, 3.63) is 22.5 Å². The number of aryl methyl sites for hydroxylation is 2. The minimum absolute atomic E-state index is 0.0944. The van der Waals surface area contributed by atoms with Crippen molar-refractivity contribution in [1.29, 1.82) is 0 Å². The van der Waals surface area contributed by atoms with E-state index in [-0.39, 0.29) is 5.91 Å². The second kappa shape index (κ2) is 7.34. The molecule has 1 amide bonds. The zero-order valence-electron chi connectivity index (χ0n) is 12.0. The third-order valence-electron chi connectivity index (χ3n) is 2.86. The summed E-state index contributed by atoms with van der Waals surface area (Å²) < 4.78 is 1.59. The van der Waals surface area contributed by atoms with Crippen LogP contribution in [0.25, 0.3) is 6.08 Å². The van der Waals surface area contributed by atoms with Crippen LogP contribution in [0.3, 0.4) is 0 Å². The van der Waals surface area contributed by atoms with Gasteiger partial charge in [-0.25, -0.2) is 0 Å². The summed E-state index contributed by atoms with van der Waals surface area (Å²) in [4.78, 5) is 11.6. The van der Waals surface area contributed by atoms with Gasteiger partial charge in [-0.3, -0.25) is 9.48 Å². The van der Waals surface area contributed by atoms with E-state index in [2.05, 4.69) is 24.3 Å². The SMILES string of the molecule is Cc1nn(C)c(Cl)c1/C=C/C(=O)NCCCC(C)C. The van der Waals surface area contributed by atoms with Crippen LogP contribution in [0.15, 0.2) is 6.08 Å². The monoisotopic (exact) mass is 283 g/mol. The molecular weight excluding hydrogens is 262 g/mol. The van der Waals surface area contributed by atoms with Gasteiger partial charge in [0.1, 0.15) is 5.15 Å². The van der Waals surface area contributed by atoms with Crippen molar-refractivity contribution in [2.24, 2.45) is 13.0 Å². The number of hydrogen-bond donors (Lipinski definition) is 1. The molecule has 0 radical (unpaired) electrons. The molecule has 1 aromatic rings. The average Bonchev–Trinajstić information content (AvgIpc) is 2.57. The molecule has 0 aromatic carbocycles. The quantitative estimate of drug-likeness (QED) is 0.644. The van der Waals surface area contributed by atoms with E-state index in [9.17, 15) is 4.79 Å². The van der Waals surface area contributed by atoms with Crippen molar-refractivity contribution in [2.75, 3.05) is 6.54 Å². The first-order valence-corrected chi connectivity index (χ1v) is 6.94. The van der Waals surface area contributed by atoms with Gasteiger partial charge in [0.05, 0.1) is 5.69 Å². The second-order valence-corrected chi connectivity index (χ2v) is 5.43. The van der Waals surface area contributed by atoms with Crippen LogP contribution in [0.5, 0.6) is 0 Å². The fourth-order valence-electron chi connectivity index (χ4n) is 1.78. The van der Waals surface area contributed by atoms with Crippen LogP contribution in [-0.4, -0.2) is 22.2 Å². The fourth-order valence-corrected chi connectivity index (χ4v) is 2.01. The molecule has 0 fully saturated rings. The topological polar surface area (TPSA) is 46.9 Å². The molecule has 1 aromatic heterocycles. The highest BCUT2D eigenvalue weighted by atomic mass is 35.5. The van der Waals surface area contributed by atoms with Crippen LogP contribution in [0, 0.1) is 12.8 Å². The Balaban J connectivity index is 2.45. The summed E-state index contributed by atoms with van der Waals surface area (Å²) in [6.45, 7) is 6.93. The maximum absolute atomic E-state index is 11.6. The number of nitrogens with one attached hydrogen (secondary N) is 1. The number of amides is 1. The van der Waals surface area contributed by atoms with Gasteiger partial charge in [0, 0.05) is 25.2 Å². The number of nitrogens with zero attached hydrogens (tertiary/aromatic N) is 2. The van der Waals surface area contributed by atoms with Crippen molar-refractivity contribution in [1.82, 2.24) is 15.1 Å². The third-order valence-corrected chi connectivity index (χ3v) is 3.30. The lowest BCUT2D eigenvalue weighted by Gasteiger charge is -2.04. The zero-order chi connectivity index (χ0) is 14.4. The molecule has 19 heavy (non-hydrogen) atoms. The largest absolute Gasteiger partial charge is 0.353 e. The molecule has 1 rings (SSSR count). The van der Waals surface area contributed by atoms with Gasteiger partial charge < -0.3 is 5.32 Å². The highest BCUT2D eigenvalue weighted by Crippen LogP contribution is 2.19. The molecule has 0 saturated heterocycles. The van der Waals surface area contributed by atoms with Gasteiger partial charge in [0.2, 0.25) is 5.91 Å². The molecule has 1 N–H and O–H groups in total. The van der Waals surface area contributed by atoms with E-state index >= 15 is 0 Å². The molecule has 4 nitrogen and oxygen atoms in total. The van der Waals surface area contributed by atoms with Crippen molar-refractivity contribution in [2.45, 2.75) is 33.6 Å². The van der Waals surface area contributed by atoms with Crippen LogP contribution >= 0.6 is 11.6 Å². The van der Waals surface area contributed by atoms with Gasteiger partial charge >= 0.3 is 0 Å². The molecule has 0 aliphatic rings. The van der Waals surface area contributed by atoms with Gasteiger partial charge in [-0.15, -0.1) is 0 Å². The predicted octanol–water partition coefficient (Wildman–Crippen LogP) is 2.95. The summed E-state index contributed by atoms with van der Waals surface area (Å²) in [5.41, 5.74) is 1.61. The first-order valence-electron chi connectivity index (χ1n) is 6.56. The van der Waals surface area contributed by atoms with E-state index in [1.165, 1.54) is 6.08 Å².